The van der Waals surface area contributed by atoms with Crippen LogP contribution in [0.25, 0.3) is 0 Å². The van der Waals surface area contributed by atoms with Crippen LogP contribution in [0.3, 0.4) is 0 Å². The molecular weight excluding hydrogens is 1030 g/mol. The number of likely N-dealkylation sites (N-methyl/N-ethyl adjacent to an activating group) is 2. The highest BCUT2D eigenvalue weighted by Crippen LogP contribution is 2.33. The second-order valence-electron chi connectivity index (χ2n) is 19.6. The van der Waals surface area contributed by atoms with Gasteiger partial charge in [-0.3, -0.25) is 67.5 Å². The molecule has 2 saturated heterocycles. The minimum absolute atomic E-state index is 0.00974. The zero-order valence-corrected chi connectivity index (χ0v) is 45.0. The van der Waals surface area contributed by atoms with Crippen LogP contribution in [0.15, 0.2) is 12.2 Å². The van der Waals surface area contributed by atoms with E-state index >= 15 is 0 Å². The molecule has 29 heteroatoms. The van der Waals surface area contributed by atoms with E-state index < -0.39 is 65.1 Å². The van der Waals surface area contributed by atoms with Crippen LogP contribution in [0.1, 0.15) is 71.1 Å². The zero-order valence-electron chi connectivity index (χ0n) is 45.0. The van der Waals surface area contributed by atoms with Crippen LogP contribution in [-0.4, -0.2) is 272 Å². The summed E-state index contributed by atoms with van der Waals surface area (Å²) in [5.41, 5.74) is -0.839. The largest absolute Gasteiger partial charge is 0.480 e. The number of hydrogen-bond donors (Lipinski definition) is 7. The maximum Gasteiger partial charge on any atom is 0.410 e. The first-order valence-corrected chi connectivity index (χ1v) is 26.1. The standard InChI is InChI=1S/C49H79N11O18/c1-49(14-4-8-36(9-5-15-49)77-48(75)55(3)31-39(63)52-17-6-16-50-37(61)12-28-76-29-13-46(73)78-60-41(65)10-11-42(60)66)47(74)54(2)30-38(62)51-18-7-19-53-40(64)32-56-20-22-57(33-43(67)68)24-26-59(35-45(71)72)27-25-58(23-21-56)34-44(69)70/h4,8,36H,5-7,9-35H2,1-3H3,(H,50,61)(H,51,62)(H,52,63)(H,53,64)(H,67,68)(H,69,70)(H,71,72)/b8-4+. The fraction of sp³-hybridized carbons (Fsp3) is 0.714. The number of ether oxygens (including phenoxy) is 2. The van der Waals surface area contributed by atoms with E-state index in [4.69, 9.17) is 14.3 Å². The van der Waals surface area contributed by atoms with E-state index in [9.17, 15) is 72.9 Å². The molecule has 0 aromatic carbocycles. The minimum atomic E-state index is -1.05. The Morgan fingerprint density at radius 2 is 1.05 bits per heavy atom. The highest BCUT2D eigenvalue weighted by molar-refractivity contribution is 6.01. The molecule has 0 aromatic heterocycles. The first-order chi connectivity index (χ1) is 37.0. The maximum absolute atomic E-state index is 13.6. The van der Waals surface area contributed by atoms with E-state index in [1.807, 2.05) is 6.92 Å². The Morgan fingerprint density at radius 3 is 1.54 bits per heavy atom. The number of amides is 8. The third-order valence-electron chi connectivity index (χ3n) is 12.8. The molecule has 0 saturated carbocycles. The molecule has 8 amide bonds. The summed E-state index contributed by atoms with van der Waals surface area (Å²) >= 11 is 0. The highest BCUT2D eigenvalue weighted by atomic mass is 16.7. The molecule has 0 bridgehead atoms. The Morgan fingerprint density at radius 1 is 0.615 bits per heavy atom. The molecule has 2 heterocycles. The van der Waals surface area contributed by atoms with E-state index in [-0.39, 0.29) is 161 Å². The van der Waals surface area contributed by atoms with Gasteiger partial charge in [-0.15, -0.1) is 5.06 Å². The average molecular weight is 1110 g/mol. The second-order valence-corrected chi connectivity index (χ2v) is 19.6. The number of carboxylic acids is 3. The summed E-state index contributed by atoms with van der Waals surface area (Å²) in [6.07, 6.45) is 4.40. The van der Waals surface area contributed by atoms with Gasteiger partial charge in [0.2, 0.25) is 29.5 Å². The van der Waals surface area contributed by atoms with Crippen molar-refractivity contribution in [1.82, 2.24) is 55.7 Å². The Balaban J connectivity index is 1.30. The van der Waals surface area contributed by atoms with Gasteiger partial charge in [-0.25, -0.2) is 9.59 Å². The lowest BCUT2D eigenvalue weighted by molar-refractivity contribution is -0.198. The van der Waals surface area contributed by atoms with E-state index in [2.05, 4.69) is 21.3 Å². The first-order valence-electron chi connectivity index (χ1n) is 26.1. The molecule has 0 aromatic rings. The number of aliphatic carboxylic acids is 3. The number of carbonyl (C=O) groups excluding carboxylic acids is 9. The number of carbonyl (C=O) groups is 12. The Hall–Kier alpha value is -6.82. The van der Waals surface area contributed by atoms with Crippen molar-refractivity contribution in [2.45, 2.75) is 77.2 Å². The molecule has 438 valence electrons. The van der Waals surface area contributed by atoms with Gasteiger partial charge in [0.25, 0.3) is 11.8 Å². The number of nitrogens with zero attached hydrogens (tertiary/aromatic N) is 7. The molecule has 3 aliphatic rings. The molecule has 0 spiro atoms. The predicted molar refractivity (Wildman–Crippen MR) is 273 cm³/mol. The van der Waals surface area contributed by atoms with E-state index in [1.54, 1.807) is 38.8 Å². The smallest absolute Gasteiger partial charge is 0.410 e. The number of carboxylic acid groups (broad SMARTS) is 3. The molecule has 2 fully saturated rings. The molecule has 2 unspecified atom stereocenters. The van der Waals surface area contributed by atoms with Gasteiger partial charge in [0.1, 0.15) is 12.6 Å². The van der Waals surface area contributed by atoms with E-state index in [0.29, 0.717) is 56.7 Å². The molecule has 0 radical (unpaired) electrons. The summed E-state index contributed by atoms with van der Waals surface area (Å²) in [6, 6.07) is 0. The molecular formula is C49H79N11O18. The Labute approximate surface area is 453 Å². The van der Waals surface area contributed by atoms with Crippen LogP contribution >= 0.6 is 0 Å². The number of hydroxylamine groups is 2. The molecule has 29 nitrogen and oxygen atoms in total. The minimum Gasteiger partial charge on any atom is -0.480 e. The van der Waals surface area contributed by atoms with Crippen LogP contribution in [0, 0.1) is 5.41 Å². The molecule has 78 heavy (non-hydrogen) atoms. The predicted octanol–water partition coefficient (Wildman–Crippen LogP) is -2.86. The molecule has 2 aliphatic heterocycles. The molecule has 1 aliphatic carbocycles. The Bertz CT molecular complexity index is 2070. The van der Waals surface area contributed by atoms with Crippen molar-refractivity contribution in [1.29, 1.82) is 0 Å². The normalized spacial score (nSPS) is 19.6. The second kappa shape index (κ2) is 34.8. The maximum atomic E-state index is 13.6. The van der Waals surface area contributed by atoms with Gasteiger partial charge in [-0.2, -0.15) is 0 Å². The lowest BCUT2D eigenvalue weighted by Gasteiger charge is -2.33. The van der Waals surface area contributed by atoms with E-state index in [1.165, 1.54) is 11.9 Å². The van der Waals surface area contributed by atoms with Crippen molar-refractivity contribution in [2.75, 3.05) is 145 Å². The average Bonchev–Trinajstić information content (AvgIpc) is 3.69. The van der Waals surface area contributed by atoms with Gasteiger partial charge >= 0.3 is 30.0 Å². The topological polar surface area (TPSA) is 364 Å². The van der Waals surface area contributed by atoms with Crippen molar-refractivity contribution >= 4 is 71.3 Å². The van der Waals surface area contributed by atoms with Crippen LogP contribution in [0.2, 0.25) is 0 Å². The quantitative estimate of drug-likeness (QED) is 0.0225. The van der Waals surface area contributed by atoms with Crippen LogP contribution in [0.5, 0.6) is 0 Å². The molecule has 2 atom stereocenters. The first kappa shape index (κ1) is 65.5. The van der Waals surface area contributed by atoms with Crippen molar-refractivity contribution in [3.63, 3.8) is 0 Å². The fourth-order valence-electron chi connectivity index (χ4n) is 8.47. The summed E-state index contributed by atoms with van der Waals surface area (Å²) in [5.74, 6) is -6.85. The summed E-state index contributed by atoms with van der Waals surface area (Å²) < 4.78 is 10.9. The highest BCUT2D eigenvalue weighted by Gasteiger charge is 2.36. The summed E-state index contributed by atoms with van der Waals surface area (Å²) in [7, 11) is 2.96. The monoisotopic (exact) mass is 1110 g/mol. The van der Waals surface area contributed by atoms with Crippen LogP contribution in [-0.2, 0) is 67.1 Å². The van der Waals surface area contributed by atoms with Gasteiger partial charge in [0.05, 0.1) is 57.8 Å². The molecule has 7 N–H and O–H groups in total. The number of hydrogen-bond acceptors (Lipinski definition) is 19. The van der Waals surface area contributed by atoms with Crippen molar-refractivity contribution < 1.29 is 87.2 Å². The van der Waals surface area contributed by atoms with Crippen molar-refractivity contribution in [2.24, 2.45) is 5.41 Å². The number of nitrogens with one attached hydrogen (secondary N) is 4. The van der Waals surface area contributed by atoms with Crippen LogP contribution < -0.4 is 21.3 Å². The van der Waals surface area contributed by atoms with Crippen molar-refractivity contribution in [3.8, 4) is 0 Å². The summed E-state index contributed by atoms with van der Waals surface area (Å²) in [6.45, 7) is 3.41. The zero-order chi connectivity index (χ0) is 57.6. The third-order valence-corrected chi connectivity index (χ3v) is 12.8. The fourth-order valence-corrected chi connectivity index (χ4v) is 8.47. The lowest BCUT2D eigenvalue weighted by Crippen LogP contribution is -2.50. The lowest BCUT2D eigenvalue weighted by atomic mass is 9.78. The third kappa shape index (κ3) is 26.5. The van der Waals surface area contributed by atoms with Crippen LogP contribution in [0.4, 0.5) is 4.79 Å². The molecule has 3 rings (SSSR count). The number of rotatable bonds is 29. The van der Waals surface area contributed by atoms with Gasteiger partial charge < -0.3 is 60.7 Å². The Kier molecular flexibility index (Phi) is 29.2. The van der Waals surface area contributed by atoms with Crippen molar-refractivity contribution in [3.05, 3.63) is 12.2 Å². The number of imide groups is 1. The van der Waals surface area contributed by atoms with E-state index in [0.717, 1.165) is 4.90 Å². The van der Waals surface area contributed by atoms with Gasteiger partial charge in [0.15, 0.2) is 0 Å². The van der Waals surface area contributed by atoms with Gasteiger partial charge in [0, 0.05) is 112 Å². The summed E-state index contributed by atoms with van der Waals surface area (Å²) in [5, 5.41) is 39.7. The number of allylic oxidation sites excluding steroid dienone is 1. The summed E-state index contributed by atoms with van der Waals surface area (Å²) in [4.78, 5) is 160. The van der Waals surface area contributed by atoms with Gasteiger partial charge in [-0.1, -0.05) is 13.0 Å². The van der Waals surface area contributed by atoms with Gasteiger partial charge in [-0.05, 0) is 44.6 Å². The SMILES string of the molecule is CN(CC(=O)NCCCNC(=O)CCOCCC(=O)ON1C(=O)CCC1=O)C(=O)OC1/C=C/CC(C)(C(=O)N(C)CC(=O)NCCCNC(=O)CN2CCN(CC(=O)O)CCN(CC(=O)O)CCN(CC(=O)O)CC2)CCC1.